The molecule has 15 heavy (non-hydrogen) atoms. The summed E-state index contributed by atoms with van der Waals surface area (Å²) in [6, 6.07) is 8.39. The number of fused-ring (bicyclic) bond motifs is 1. The molecule has 1 aliphatic rings. The molecule has 1 atom stereocenters. The molecule has 0 bridgehead atoms. The van der Waals surface area contributed by atoms with Crippen molar-refractivity contribution in [2.45, 2.75) is 19.6 Å². The average molecular weight is 206 g/mol. The number of aliphatic hydroxyl groups is 1. The van der Waals surface area contributed by atoms with E-state index in [9.17, 15) is 5.11 Å². The molecule has 0 spiro atoms. The van der Waals surface area contributed by atoms with Crippen LogP contribution in [0, 0.1) is 0 Å². The summed E-state index contributed by atoms with van der Waals surface area (Å²) in [4.78, 5) is 2.25. The topological polar surface area (TPSA) is 35.5 Å². The van der Waals surface area contributed by atoms with Crippen LogP contribution in [-0.2, 0) is 6.54 Å². The number of benzene rings is 1. The molecule has 3 nitrogen and oxygen atoms in total. The van der Waals surface area contributed by atoms with Crippen molar-refractivity contribution < 1.29 is 5.11 Å². The average Bonchev–Trinajstić information content (AvgIpc) is 2.41. The van der Waals surface area contributed by atoms with Crippen molar-refractivity contribution in [1.82, 2.24) is 5.32 Å². The van der Waals surface area contributed by atoms with Gasteiger partial charge in [0.25, 0.3) is 0 Å². The molecule has 0 amide bonds. The lowest BCUT2D eigenvalue weighted by atomic mass is 10.1. The fourth-order valence-electron chi connectivity index (χ4n) is 2.03. The molecule has 3 heteroatoms. The second-order valence-corrected chi connectivity index (χ2v) is 4.10. The van der Waals surface area contributed by atoms with Crippen molar-refractivity contribution in [3.63, 3.8) is 0 Å². The maximum Gasteiger partial charge on any atom is 0.0687 e. The normalized spacial score (nSPS) is 18.1. The van der Waals surface area contributed by atoms with Crippen LogP contribution in [0.1, 0.15) is 12.5 Å². The van der Waals surface area contributed by atoms with Gasteiger partial charge < -0.3 is 15.3 Å². The Balaban J connectivity index is 2.24. The Morgan fingerprint density at radius 1 is 1.47 bits per heavy atom. The molecule has 0 unspecified atom stereocenters. The van der Waals surface area contributed by atoms with Crippen LogP contribution in [0.15, 0.2) is 24.3 Å². The van der Waals surface area contributed by atoms with E-state index >= 15 is 0 Å². The minimum absolute atomic E-state index is 0.281. The van der Waals surface area contributed by atoms with Crippen LogP contribution in [0.25, 0.3) is 0 Å². The summed E-state index contributed by atoms with van der Waals surface area (Å²) in [5.74, 6) is 0. The van der Waals surface area contributed by atoms with E-state index in [1.807, 2.05) is 6.92 Å². The first-order valence-electron chi connectivity index (χ1n) is 5.49. The quantitative estimate of drug-likeness (QED) is 0.757. The number of nitrogens with zero attached hydrogens (tertiary/aromatic N) is 1. The molecule has 1 heterocycles. The van der Waals surface area contributed by atoms with Crippen LogP contribution >= 0.6 is 0 Å². The second-order valence-electron chi connectivity index (χ2n) is 4.10. The molecule has 0 saturated heterocycles. The van der Waals surface area contributed by atoms with E-state index < -0.39 is 0 Å². The number of β-amino-alcohol motifs (C(OH)–C–C–N with tert-alkyl or cyclic N) is 1. The van der Waals surface area contributed by atoms with E-state index in [-0.39, 0.29) is 6.10 Å². The summed E-state index contributed by atoms with van der Waals surface area (Å²) in [6.45, 7) is 5.40. The first-order valence-corrected chi connectivity index (χ1v) is 5.49. The number of rotatable bonds is 2. The Labute approximate surface area is 90.7 Å². The molecule has 0 fully saturated rings. The molecule has 1 aliphatic heterocycles. The standard InChI is InChI=1S/C12H18N2O/c1-10(15)9-14-7-6-13-8-11-4-2-3-5-12(11)14/h2-5,10,13,15H,6-9H2,1H3/t10-/m0/s1. The Morgan fingerprint density at radius 2 is 2.27 bits per heavy atom. The molecular weight excluding hydrogens is 188 g/mol. The summed E-state index contributed by atoms with van der Waals surface area (Å²) in [5, 5.41) is 12.8. The largest absolute Gasteiger partial charge is 0.392 e. The summed E-state index contributed by atoms with van der Waals surface area (Å²) in [7, 11) is 0. The fraction of sp³-hybridized carbons (Fsp3) is 0.500. The number of anilines is 1. The van der Waals surface area contributed by atoms with Crippen LogP contribution in [0.2, 0.25) is 0 Å². The van der Waals surface area contributed by atoms with Crippen molar-refractivity contribution in [2.75, 3.05) is 24.5 Å². The molecule has 2 N–H and O–H groups in total. The van der Waals surface area contributed by atoms with Crippen molar-refractivity contribution in [1.29, 1.82) is 0 Å². The van der Waals surface area contributed by atoms with Gasteiger partial charge in [0, 0.05) is 31.9 Å². The van der Waals surface area contributed by atoms with Crippen molar-refractivity contribution in [2.24, 2.45) is 0 Å². The van der Waals surface area contributed by atoms with Crippen molar-refractivity contribution in [3.8, 4) is 0 Å². The highest BCUT2D eigenvalue weighted by atomic mass is 16.3. The first-order chi connectivity index (χ1) is 7.27. The van der Waals surface area contributed by atoms with Gasteiger partial charge in [-0.15, -0.1) is 0 Å². The fourth-order valence-corrected chi connectivity index (χ4v) is 2.03. The van der Waals surface area contributed by atoms with E-state index in [4.69, 9.17) is 0 Å². The van der Waals surface area contributed by atoms with Crippen molar-refractivity contribution in [3.05, 3.63) is 29.8 Å². The zero-order chi connectivity index (χ0) is 10.7. The summed E-state index contributed by atoms with van der Waals surface area (Å²) in [5.41, 5.74) is 2.57. The summed E-state index contributed by atoms with van der Waals surface area (Å²) in [6.07, 6.45) is -0.281. The van der Waals surface area contributed by atoms with Crippen LogP contribution in [-0.4, -0.2) is 30.8 Å². The van der Waals surface area contributed by atoms with E-state index in [1.54, 1.807) is 0 Å². The van der Waals surface area contributed by atoms with Gasteiger partial charge in [-0.05, 0) is 18.6 Å². The predicted octanol–water partition coefficient (Wildman–Crippen LogP) is 0.977. The summed E-state index contributed by atoms with van der Waals surface area (Å²) >= 11 is 0. The molecular formula is C12H18N2O. The maximum atomic E-state index is 9.46. The number of hydrogen-bond acceptors (Lipinski definition) is 3. The lowest BCUT2D eigenvalue weighted by molar-refractivity contribution is 0.200. The number of aliphatic hydroxyl groups excluding tert-OH is 1. The Hall–Kier alpha value is -1.06. The third-order valence-electron chi connectivity index (χ3n) is 2.69. The molecule has 82 valence electrons. The monoisotopic (exact) mass is 206 g/mol. The smallest absolute Gasteiger partial charge is 0.0687 e. The molecule has 0 aromatic heterocycles. The zero-order valence-corrected chi connectivity index (χ0v) is 9.11. The van der Waals surface area contributed by atoms with Gasteiger partial charge in [0.2, 0.25) is 0 Å². The molecule has 0 aliphatic carbocycles. The van der Waals surface area contributed by atoms with E-state index in [2.05, 4.69) is 34.5 Å². The van der Waals surface area contributed by atoms with Crippen LogP contribution in [0.5, 0.6) is 0 Å². The van der Waals surface area contributed by atoms with E-state index in [0.29, 0.717) is 6.54 Å². The Morgan fingerprint density at radius 3 is 3.07 bits per heavy atom. The third kappa shape index (κ3) is 2.49. The third-order valence-corrected chi connectivity index (χ3v) is 2.69. The minimum atomic E-state index is -0.281. The van der Waals surface area contributed by atoms with Crippen LogP contribution < -0.4 is 10.2 Å². The molecule has 2 rings (SSSR count). The summed E-state index contributed by atoms with van der Waals surface area (Å²) < 4.78 is 0. The molecule has 0 saturated carbocycles. The highest BCUT2D eigenvalue weighted by molar-refractivity contribution is 5.54. The SMILES string of the molecule is C[C@H](O)CN1CCNCc2ccccc21. The van der Waals surface area contributed by atoms with Crippen LogP contribution in [0.3, 0.4) is 0 Å². The van der Waals surface area contributed by atoms with Gasteiger partial charge in [-0.2, -0.15) is 0 Å². The second kappa shape index (κ2) is 4.64. The Bertz CT molecular complexity index is 325. The Kier molecular flexibility index (Phi) is 3.23. The van der Waals surface area contributed by atoms with E-state index in [0.717, 1.165) is 19.6 Å². The van der Waals surface area contributed by atoms with Gasteiger partial charge in [-0.3, -0.25) is 0 Å². The van der Waals surface area contributed by atoms with Gasteiger partial charge in [0.15, 0.2) is 0 Å². The van der Waals surface area contributed by atoms with Gasteiger partial charge in [0.1, 0.15) is 0 Å². The predicted molar refractivity (Wildman–Crippen MR) is 62.0 cm³/mol. The number of nitrogens with one attached hydrogen (secondary N) is 1. The highest BCUT2D eigenvalue weighted by Gasteiger charge is 2.15. The first kappa shape index (κ1) is 10.5. The van der Waals surface area contributed by atoms with Crippen LogP contribution in [0.4, 0.5) is 5.69 Å². The highest BCUT2D eigenvalue weighted by Crippen LogP contribution is 2.21. The molecule has 0 radical (unpaired) electrons. The van der Waals surface area contributed by atoms with Gasteiger partial charge in [0.05, 0.1) is 6.10 Å². The molecule has 1 aromatic rings. The lowest BCUT2D eigenvalue weighted by Gasteiger charge is -2.25. The van der Waals surface area contributed by atoms with Gasteiger partial charge in [-0.1, -0.05) is 18.2 Å². The lowest BCUT2D eigenvalue weighted by Crippen LogP contribution is -2.34. The zero-order valence-electron chi connectivity index (χ0n) is 9.11. The minimum Gasteiger partial charge on any atom is -0.392 e. The van der Waals surface area contributed by atoms with E-state index in [1.165, 1.54) is 11.3 Å². The maximum absolute atomic E-state index is 9.46. The number of hydrogen-bond donors (Lipinski definition) is 2. The van der Waals surface area contributed by atoms with Gasteiger partial charge in [-0.25, -0.2) is 0 Å². The van der Waals surface area contributed by atoms with Gasteiger partial charge >= 0.3 is 0 Å². The van der Waals surface area contributed by atoms with Crippen molar-refractivity contribution >= 4 is 5.69 Å². The number of para-hydroxylation sites is 1. The molecule has 1 aromatic carbocycles.